The highest BCUT2D eigenvalue weighted by Crippen LogP contribution is 2.24. The predicted octanol–water partition coefficient (Wildman–Crippen LogP) is 3.40. The molecule has 1 aliphatic rings. The highest BCUT2D eigenvalue weighted by molar-refractivity contribution is 9.10. The molecule has 0 bridgehead atoms. The van der Waals surface area contributed by atoms with Gasteiger partial charge in [-0.25, -0.2) is 0 Å². The number of β-amino-alcohol motifs (C(OH)–C–C–N with tert-alkyl or cyclic N) is 1. The fraction of sp³-hybridized carbons (Fsp3) is 0.400. The van der Waals surface area contributed by atoms with Crippen LogP contribution in [0.1, 0.15) is 16.7 Å². The van der Waals surface area contributed by atoms with E-state index in [-0.39, 0.29) is 31.2 Å². The van der Waals surface area contributed by atoms with Crippen molar-refractivity contribution in [2.45, 2.75) is 31.9 Å². The topological polar surface area (TPSA) is 60.9 Å². The molecule has 2 amide bonds. The number of halogens is 2. The van der Waals surface area contributed by atoms with Crippen LogP contribution in [0.5, 0.6) is 0 Å². The Hall–Kier alpha value is -1.22. The minimum absolute atomic E-state index is 0.0390. The molecule has 1 aliphatic heterocycles. The Kier molecular flexibility index (Phi) is 6.96. The summed E-state index contributed by atoms with van der Waals surface area (Å²) in [5, 5.41) is 14.4. The largest absolute Gasteiger partial charge is 0.389 e. The van der Waals surface area contributed by atoms with Gasteiger partial charge >= 0.3 is 0 Å². The van der Waals surface area contributed by atoms with Gasteiger partial charge in [0.2, 0.25) is 11.8 Å². The smallest absolute Gasteiger partial charge is 0.227 e. The van der Waals surface area contributed by atoms with Crippen LogP contribution in [0.3, 0.4) is 0 Å². The Bertz CT molecular complexity index is 886. The molecule has 0 saturated carbocycles. The number of hydrogen-bond acceptors (Lipinski definition) is 4. The summed E-state index contributed by atoms with van der Waals surface area (Å²) in [6, 6.07) is 5.50. The summed E-state index contributed by atoms with van der Waals surface area (Å²) in [5.74, 6) is -0.117. The third-order valence-corrected chi connectivity index (χ3v) is 7.68. The molecule has 0 spiro atoms. The van der Waals surface area contributed by atoms with Gasteiger partial charge in [-0.15, -0.1) is 0 Å². The maximum Gasteiger partial charge on any atom is 0.227 e. The zero-order chi connectivity index (χ0) is 20.4. The minimum Gasteiger partial charge on any atom is -0.389 e. The summed E-state index contributed by atoms with van der Waals surface area (Å²) in [6.07, 6.45) is -0.209. The summed E-state index contributed by atoms with van der Waals surface area (Å²) in [5.41, 5.74) is 2.95. The second-order valence-corrected chi connectivity index (χ2v) is 9.58. The molecule has 0 unspecified atom stereocenters. The van der Waals surface area contributed by atoms with Crippen molar-refractivity contribution in [2.75, 3.05) is 20.1 Å². The average Bonchev–Trinajstić information content (AvgIpc) is 3.23. The Morgan fingerprint density at radius 2 is 1.93 bits per heavy atom. The number of likely N-dealkylation sites (tertiary alicyclic amines) is 1. The van der Waals surface area contributed by atoms with Gasteiger partial charge in [0.05, 0.1) is 25.0 Å². The van der Waals surface area contributed by atoms with Crippen LogP contribution in [0.15, 0.2) is 37.9 Å². The lowest BCUT2D eigenvalue weighted by molar-refractivity contribution is -0.133. The van der Waals surface area contributed by atoms with E-state index < -0.39 is 12.1 Å². The van der Waals surface area contributed by atoms with Crippen molar-refractivity contribution in [1.29, 1.82) is 0 Å². The zero-order valence-corrected chi connectivity index (χ0v) is 19.7. The van der Waals surface area contributed by atoms with Gasteiger partial charge in [0.1, 0.15) is 0 Å². The number of benzene rings is 1. The molecule has 1 fully saturated rings. The van der Waals surface area contributed by atoms with Crippen LogP contribution >= 0.6 is 43.2 Å². The number of aryl methyl sites for hydroxylation is 1. The van der Waals surface area contributed by atoms with Gasteiger partial charge in [-0.05, 0) is 45.4 Å². The highest BCUT2D eigenvalue weighted by Gasteiger charge is 2.38. The molecule has 2 heterocycles. The maximum atomic E-state index is 12.8. The van der Waals surface area contributed by atoms with Gasteiger partial charge in [-0.2, -0.15) is 11.3 Å². The highest BCUT2D eigenvalue weighted by atomic mass is 79.9. The van der Waals surface area contributed by atoms with Crippen LogP contribution in [0.25, 0.3) is 0 Å². The minimum atomic E-state index is -0.746. The second kappa shape index (κ2) is 9.07. The van der Waals surface area contributed by atoms with Crippen molar-refractivity contribution in [1.82, 2.24) is 9.80 Å². The first kappa shape index (κ1) is 21.5. The number of nitrogens with zero attached hydrogens (tertiary/aromatic N) is 2. The number of carbonyl (C=O) groups excluding carboxylic acids is 2. The standard InChI is InChI=1S/C20H22Br2N2O3S/c1-12-3-4-15(21)13(5-12)6-19(26)23(2)17-8-24(9-18(17)25)20(27)7-14-10-28-11-16(14)22/h3-5,10-11,17-18,25H,6-9H2,1-2H3/t17-,18-/m1/s1. The van der Waals surface area contributed by atoms with Crippen molar-refractivity contribution < 1.29 is 14.7 Å². The van der Waals surface area contributed by atoms with E-state index in [4.69, 9.17) is 0 Å². The van der Waals surface area contributed by atoms with Gasteiger partial charge in [0, 0.05) is 34.5 Å². The first-order valence-electron chi connectivity index (χ1n) is 8.93. The fourth-order valence-electron chi connectivity index (χ4n) is 3.37. The number of thiophene rings is 1. The van der Waals surface area contributed by atoms with Crippen LogP contribution in [-0.4, -0.2) is 59.0 Å². The molecule has 3 rings (SSSR count). The van der Waals surface area contributed by atoms with E-state index in [1.54, 1.807) is 16.8 Å². The molecule has 1 saturated heterocycles. The number of likely N-dealkylation sites (N-methyl/N-ethyl adjacent to an activating group) is 1. The predicted molar refractivity (Wildman–Crippen MR) is 117 cm³/mol. The normalized spacial score (nSPS) is 19.1. The third-order valence-electron chi connectivity index (χ3n) is 5.08. The van der Waals surface area contributed by atoms with Crippen LogP contribution in [0.2, 0.25) is 0 Å². The number of carbonyl (C=O) groups is 2. The molecule has 150 valence electrons. The first-order valence-corrected chi connectivity index (χ1v) is 11.5. The van der Waals surface area contributed by atoms with E-state index in [0.717, 1.165) is 25.6 Å². The monoisotopic (exact) mass is 528 g/mol. The maximum absolute atomic E-state index is 12.8. The summed E-state index contributed by atoms with van der Waals surface area (Å²) in [7, 11) is 1.70. The number of aliphatic hydroxyl groups excluding tert-OH is 1. The third kappa shape index (κ3) is 4.84. The quantitative estimate of drug-likeness (QED) is 0.645. The molecule has 1 aromatic heterocycles. The molecular formula is C20H22Br2N2O3S. The van der Waals surface area contributed by atoms with Crippen molar-refractivity contribution in [3.63, 3.8) is 0 Å². The molecule has 0 aliphatic carbocycles. The van der Waals surface area contributed by atoms with E-state index >= 15 is 0 Å². The molecule has 8 heteroatoms. The fourth-order valence-corrected chi connectivity index (χ4v) is 5.20. The molecule has 1 aromatic carbocycles. The lowest BCUT2D eigenvalue weighted by Crippen LogP contribution is -2.45. The lowest BCUT2D eigenvalue weighted by Gasteiger charge is -2.27. The van der Waals surface area contributed by atoms with Crippen LogP contribution in [0.4, 0.5) is 0 Å². The Balaban J connectivity index is 1.63. The SMILES string of the molecule is Cc1ccc(Br)c(CC(=O)N(C)[C@@H]2CN(C(=O)Cc3cscc3Br)C[C@H]2O)c1. The second-order valence-electron chi connectivity index (χ2n) is 7.13. The van der Waals surface area contributed by atoms with Crippen LogP contribution < -0.4 is 0 Å². The summed E-state index contributed by atoms with van der Waals surface area (Å²) < 4.78 is 1.82. The van der Waals surface area contributed by atoms with Gasteiger partial charge in [0.15, 0.2) is 0 Å². The Morgan fingerprint density at radius 1 is 1.18 bits per heavy atom. The summed E-state index contributed by atoms with van der Waals surface area (Å²) in [4.78, 5) is 28.6. The van der Waals surface area contributed by atoms with E-state index in [2.05, 4.69) is 31.9 Å². The van der Waals surface area contributed by atoms with Gasteiger partial charge in [0.25, 0.3) is 0 Å². The van der Waals surface area contributed by atoms with Crippen molar-refractivity contribution in [3.8, 4) is 0 Å². The van der Waals surface area contributed by atoms with Crippen LogP contribution in [-0.2, 0) is 22.4 Å². The Labute approximate surface area is 185 Å². The van der Waals surface area contributed by atoms with Gasteiger partial charge in [-0.1, -0.05) is 33.6 Å². The molecule has 1 N–H and O–H groups in total. The van der Waals surface area contributed by atoms with Crippen molar-refractivity contribution in [3.05, 3.63) is 54.6 Å². The summed E-state index contributed by atoms with van der Waals surface area (Å²) >= 11 is 8.48. The molecule has 2 atom stereocenters. The van der Waals surface area contributed by atoms with Crippen molar-refractivity contribution in [2.24, 2.45) is 0 Å². The summed E-state index contributed by atoms with van der Waals surface area (Å²) in [6.45, 7) is 2.58. The molecule has 0 radical (unpaired) electrons. The molecule has 28 heavy (non-hydrogen) atoms. The Morgan fingerprint density at radius 3 is 2.61 bits per heavy atom. The van der Waals surface area contributed by atoms with Gasteiger partial charge in [-0.3, -0.25) is 9.59 Å². The first-order chi connectivity index (χ1) is 13.3. The van der Waals surface area contributed by atoms with E-state index in [9.17, 15) is 14.7 Å². The number of amides is 2. The van der Waals surface area contributed by atoms with E-state index in [1.165, 1.54) is 11.3 Å². The lowest BCUT2D eigenvalue weighted by atomic mass is 10.1. The van der Waals surface area contributed by atoms with Crippen molar-refractivity contribution >= 4 is 55.0 Å². The van der Waals surface area contributed by atoms with E-state index in [0.29, 0.717) is 6.54 Å². The van der Waals surface area contributed by atoms with Crippen LogP contribution in [0, 0.1) is 6.92 Å². The zero-order valence-electron chi connectivity index (χ0n) is 15.7. The van der Waals surface area contributed by atoms with E-state index in [1.807, 2.05) is 35.9 Å². The van der Waals surface area contributed by atoms with Gasteiger partial charge < -0.3 is 14.9 Å². The molecule has 5 nitrogen and oxygen atoms in total. The number of hydrogen-bond donors (Lipinski definition) is 1. The number of aliphatic hydroxyl groups is 1. The number of rotatable bonds is 5. The molecular weight excluding hydrogens is 508 g/mol. The average molecular weight is 530 g/mol. The molecule has 2 aromatic rings.